The Morgan fingerprint density at radius 3 is 2.00 bits per heavy atom. The van der Waals surface area contributed by atoms with E-state index >= 15 is 0 Å². The average molecular weight is 404 g/mol. The molecule has 1 atom stereocenters. The maximum atomic E-state index is 12.3. The minimum Gasteiger partial charge on any atom is -0.483 e. The maximum Gasteiger partial charge on any atom is 0.290 e. The Morgan fingerprint density at radius 1 is 0.964 bits per heavy atom. The van der Waals surface area contributed by atoms with Crippen LogP contribution in [0.1, 0.15) is 45.4 Å². The third kappa shape index (κ3) is 11.9. The van der Waals surface area contributed by atoms with Crippen LogP contribution in [0.3, 0.4) is 0 Å². The topological polar surface area (TPSA) is 122 Å². The summed E-state index contributed by atoms with van der Waals surface area (Å²) in [5, 5.41) is 22.6. The summed E-state index contributed by atoms with van der Waals surface area (Å²) in [7, 11) is 0. The van der Waals surface area contributed by atoms with Crippen molar-refractivity contribution in [3.8, 4) is 0 Å². The van der Waals surface area contributed by atoms with Crippen molar-refractivity contribution in [3.63, 3.8) is 0 Å². The van der Waals surface area contributed by atoms with Crippen molar-refractivity contribution < 1.29 is 29.7 Å². The van der Waals surface area contributed by atoms with Crippen molar-refractivity contribution in [3.05, 3.63) is 0 Å². The fourth-order valence-electron chi connectivity index (χ4n) is 3.52. The first kappa shape index (κ1) is 26.3. The molecule has 0 aromatic carbocycles. The Kier molecular flexibility index (Phi) is 16.3. The van der Waals surface area contributed by atoms with Crippen LogP contribution in [0.15, 0.2) is 0 Å². The fourth-order valence-corrected chi connectivity index (χ4v) is 3.52. The van der Waals surface area contributed by atoms with E-state index in [2.05, 4.69) is 16.7 Å². The molecule has 1 unspecified atom stereocenters. The first-order valence-corrected chi connectivity index (χ1v) is 10.0. The lowest BCUT2D eigenvalue weighted by Gasteiger charge is -2.35. The Bertz CT molecular complexity index is 404. The molecule has 1 amide bonds. The number of piperazine rings is 1. The summed E-state index contributed by atoms with van der Waals surface area (Å²) in [6, 6.07) is 0.547. The fraction of sp³-hybridized carbons (Fsp3) is 0.842. The first-order valence-electron chi connectivity index (χ1n) is 10.0. The van der Waals surface area contributed by atoms with Crippen LogP contribution >= 0.6 is 0 Å². The van der Waals surface area contributed by atoms with Crippen LogP contribution in [0, 0.1) is 0 Å². The van der Waals surface area contributed by atoms with E-state index in [9.17, 15) is 4.79 Å². The largest absolute Gasteiger partial charge is 0.483 e. The molecule has 2 rings (SSSR count). The van der Waals surface area contributed by atoms with E-state index in [1.165, 1.54) is 25.9 Å². The molecule has 0 aromatic heterocycles. The zero-order valence-electron chi connectivity index (χ0n) is 17.0. The second kappa shape index (κ2) is 17.4. The number of nitrogens with zero attached hydrogens (tertiary/aromatic N) is 3. The molecule has 2 aliphatic rings. The van der Waals surface area contributed by atoms with Gasteiger partial charge in [-0.05, 0) is 58.7 Å². The number of carboxylic acid groups (broad SMARTS) is 2. The number of hydrogen-bond donors (Lipinski definition) is 3. The molecule has 0 aromatic rings. The second-order valence-electron chi connectivity index (χ2n) is 6.99. The summed E-state index contributed by atoms with van der Waals surface area (Å²) in [4.78, 5) is 36.0. The molecule has 3 N–H and O–H groups in total. The van der Waals surface area contributed by atoms with E-state index in [0.29, 0.717) is 18.4 Å². The van der Waals surface area contributed by atoms with E-state index in [1.807, 2.05) is 4.90 Å². The van der Waals surface area contributed by atoms with Crippen LogP contribution in [-0.2, 0) is 14.4 Å². The summed E-state index contributed by atoms with van der Waals surface area (Å²) >= 11 is 0. The predicted octanol–water partition coefficient (Wildman–Crippen LogP) is 0.569. The highest BCUT2D eigenvalue weighted by molar-refractivity contribution is 5.76. The maximum absolute atomic E-state index is 12.3. The number of hydrogen-bond acceptors (Lipinski definition) is 6. The minimum atomic E-state index is -0.250. The van der Waals surface area contributed by atoms with Gasteiger partial charge in [0.25, 0.3) is 12.9 Å². The van der Waals surface area contributed by atoms with Gasteiger partial charge in [0.05, 0.1) is 0 Å². The summed E-state index contributed by atoms with van der Waals surface area (Å²) in [5.41, 5.74) is 0. The number of carbonyl (C=O) groups is 3. The van der Waals surface area contributed by atoms with Gasteiger partial charge in [-0.3, -0.25) is 19.3 Å². The third-order valence-electron chi connectivity index (χ3n) is 5.15. The van der Waals surface area contributed by atoms with Gasteiger partial charge in [-0.25, -0.2) is 0 Å². The van der Waals surface area contributed by atoms with Crippen molar-refractivity contribution in [2.45, 2.75) is 51.5 Å². The van der Waals surface area contributed by atoms with Crippen molar-refractivity contribution >= 4 is 18.9 Å². The molecule has 0 spiro atoms. The molecule has 9 heteroatoms. The highest BCUT2D eigenvalue weighted by Gasteiger charge is 2.23. The quantitative estimate of drug-likeness (QED) is 0.397. The molecule has 2 saturated heterocycles. The standard InChI is InChI=1S/C17H33N3O2.2CH2O2/c1-16(19-9-2-3-10-19)6-7-17(22)20-13-11-18(12-14-20)8-4-5-15-21;2*2-1-3/h16,21H,2-15H2,1H3;2*1H,(H,2,3). The van der Waals surface area contributed by atoms with Crippen LogP contribution < -0.4 is 0 Å². The van der Waals surface area contributed by atoms with Gasteiger partial charge in [-0.1, -0.05) is 0 Å². The van der Waals surface area contributed by atoms with Crippen LogP contribution in [0.25, 0.3) is 0 Å². The number of rotatable bonds is 8. The lowest BCUT2D eigenvalue weighted by atomic mass is 10.1. The van der Waals surface area contributed by atoms with E-state index in [-0.39, 0.29) is 19.6 Å². The molecular formula is C19H37N3O6. The van der Waals surface area contributed by atoms with Gasteiger partial charge in [0.2, 0.25) is 5.91 Å². The third-order valence-corrected chi connectivity index (χ3v) is 5.15. The average Bonchev–Trinajstić information content (AvgIpc) is 3.23. The van der Waals surface area contributed by atoms with Gasteiger partial charge >= 0.3 is 0 Å². The molecule has 0 bridgehead atoms. The summed E-state index contributed by atoms with van der Waals surface area (Å²) in [6.45, 7) is 9.23. The van der Waals surface area contributed by atoms with Crippen molar-refractivity contribution in [1.82, 2.24) is 14.7 Å². The second-order valence-corrected chi connectivity index (χ2v) is 6.99. The van der Waals surface area contributed by atoms with Crippen molar-refractivity contribution in [2.24, 2.45) is 0 Å². The van der Waals surface area contributed by atoms with E-state index in [1.54, 1.807) is 0 Å². The van der Waals surface area contributed by atoms with Gasteiger partial charge in [0, 0.05) is 45.2 Å². The molecule has 28 heavy (non-hydrogen) atoms. The van der Waals surface area contributed by atoms with Crippen LogP contribution in [0.4, 0.5) is 0 Å². The predicted molar refractivity (Wildman–Crippen MR) is 106 cm³/mol. The zero-order valence-corrected chi connectivity index (χ0v) is 17.0. The SMILES string of the molecule is CC(CCC(=O)N1CCN(CCCCO)CC1)N1CCCC1.O=CO.O=CO. The first-order chi connectivity index (χ1) is 13.5. The van der Waals surface area contributed by atoms with E-state index in [4.69, 9.17) is 24.9 Å². The summed E-state index contributed by atoms with van der Waals surface area (Å²) in [6.07, 6.45) is 6.26. The Hall–Kier alpha value is -1.71. The molecule has 9 nitrogen and oxygen atoms in total. The molecule has 2 heterocycles. The van der Waals surface area contributed by atoms with Gasteiger partial charge < -0.3 is 25.1 Å². The highest BCUT2D eigenvalue weighted by atomic mass is 16.3. The molecule has 2 aliphatic heterocycles. The minimum absolute atomic E-state index is 0.250. The summed E-state index contributed by atoms with van der Waals surface area (Å²) < 4.78 is 0. The normalized spacial score (nSPS) is 18.3. The number of aliphatic hydroxyl groups excluding tert-OH is 1. The molecule has 0 radical (unpaired) electrons. The van der Waals surface area contributed by atoms with Crippen LogP contribution in [-0.4, -0.2) is 107 Å². The number of aliphatic hydroxyl groups is 1. The highest BCUT2D eigenvalue weighted by Crippen LogP contribution is 2.16. The molecule has 0 saturated carbocycles. The Morgan fingerprint density at radius 2 is 1.50 bits per heavy atom. The monoisotopic (exact) mass is 403 g/mol. The number of likely N-dealkylation sites (tertiary alicyclic amines) is 1. The number of unbranched alkanes of at least 4 members (excludes halogenated alkanes) is 1. The van der Waals surface area contributed by atoms with Crippen molar-refractivity contribution in [2.75, 3.05) is 52.4 Å². The Balaban J connectivity index is 0.00000108. The number of amides is 1. The lowest BCUT2D eigenvalue weighted by molar-refractivity contribution is -0.133. The van der Waals surface area contributed by atoms with Crippen molar-refractivity contribution in [1.29, 1.82) is 0 Å². The van der Waals surface area contributed by atoms with Gasteiger partial charge in [0.1, 0.15) is 0 Å². The van der Waals surface area contributed by atoms with Gasteiger partial charge in [-0.2, -0.15) is 0 Å². The Labute approximate surface area is 167 Å². The smallest absolute Gasteiger partial charge is 0.290 e. The molecular weight excluding hydrogens is 366 g/mol. The summed E-state index contributed by atoms with van der Waals surface area (Å²) in [5.74, 6) is 0.334. The van der Waals surface area contributed by atoms with Gasteiger partial charge in [-0.15, -0.1) is 0 Å². The number of carbonyl (C=O) groups excluding carboxylic acids is 1. The molecule has 0 aliphatic carbocycles. The molecule has 2 fully saturated rings. The lowest BCUT2D eigenvalue weighted by Crippen LogP contribution is -2.49. The molecule has 164 valence electrons. The van der Waals surface area contributed by atoms with Crippen LogP contribution in [0.2, 0.25) is 0 Å². The zero-order chi connectivity index (χ0) is 21.2. The van der Waals surface area contributed by atoms with Crippen LogP contribution in [0.5, 0.6) is 0 Å². The van der Waals surface area contributed by atoms with E-state index in [0.717, 1.165) is 52.0 Å². The van der Waals surface area contributed by atoms with Gasteiger partial charge in [0.15, 0.2) is 0 Å². The van der Waals surface area contributed by atoms with E-state index < -0.39 is 0 Å².